The molecular formula is C33H25N3O3. The van der Waals surface area contributed by atoms with Crippen LogP contribution in [0.3, 0.4) is 0 Å². The largest absolute Gasteiger partial charge is 0.495 e. The topological polar surface area (TPSA) is 61.9 Å². The Morgan fingerprint density at radius 1 is 0.744 bits per heavy atom. The summed E-state index contributed by atoms with van der Waals surface area (Å²) in [6, 6.07) is 36.6. The highest BCUT2D eigenvalue weighted by molar-refractivity contribution is 6.23. The van der Waals surface area contributed by atoms with Crippen molar-refractivity contribution in [2.45, 2.75) is 12.2 Å². The molecule has 39 heavy (non-hydrogen) atoms. The van der Waals surface area contributed by atoms with Gasteiger partial charge < -0.3 is 15.0 Å². The fourth-order valence-corrected chi connectivity index (χ4v) is 5.94. The van der Waals surface area contributed by atoms with Crippen LogP contribution in [0.2, 0.25) is 0 Å². The molecule has 0 saturated carbocycles. The molecule has 2 heterocycles. The van der Waals surface area contributed by atoms with Crippen molar-refractivity contribution < 1.29 is 14.3 Å². The Morgan fingerprint density at radius 3 is 2.31 bits per heavy atom. The fourth-order valence-electron chi connectivity index (χ4n) is 5.94. The highest BCUT2D eigenvalue weighted by Crippen LogP contribution is 2.51. The molecule has 1 atom stereocenters. The molecule has 7 rings (SSSR count). The van der Waals surface area contributed by atoms with Gasteiger partial charge in [0.05, 0.1) is 30.6 Å². The van der Waals surface area contributed by atoms with E-state index in [1.54, 1.807) is 29.0 Å². The summed E-state index contributed by atoms with van der Waals surface area (Å²) >= 11 is 0. The second-order valence-corrected chi connectivity index (χ2v) is 9.74. The molecular weight excluding hydrogens is 486 g/mol. The van der Waals surface area contributed by atoms with Gasteiger partial charge in [-0.3, -0.25) is 14.5 Å². The van der Waals surface area contributed by atoms with Gasteiger partial charge in [-0.15, -0.1) is 0 Å². The van der Waals surface area contributed by atoms with Crippen LogP contribution in [-0.4, -0.2) is 18.9 Å². The average Bonchev–Trinajstić information content (AvgIpc) is 3.20. The van der Waals surface area contributed by atoms with Gasteiger partial charge in [-0.1, -0.05) is 84.9 Å². The van der Waals surface area contributed by atoms with Crippen LogP contribution in [0.5, 0.6) is 5.75 Å². The molecule has 190 valence electrons. The van der Waals surface area contributed by atoms with E-state index in [2.05, 4.69) is 29.6 Å². The minimum absolute atomic E-state index is 0.231. The maximum Gasteiger partial charge on any atom is 0.279 e. The third-order valence-electron chi connectivity index (χ3n) is 7.69. The van der Waals surface area contributed by atoms with Crippen molar-refractivity contribution in [2.24, 2.45) is 0 Å². The van der Waals surface area contributed by atoms with Gasteiger partial charge >= 0.3 is 0 Å². The molecule has 0 bridgehead atoms. The van der Waals surface area contributed by atoms with E-state index in [-0.39, 0.29) is 11.8 Å². The lowest BCUT2D eigenvalue weighted by Crippen LogP contribution is -2.63. The zero-order valence-electron chi connectivity index (χ0n) is 21.3. The Bertz CT molecular complexity index is 1780. The second kappa shape index (κ2) is 8.74. The fraction of sp³-hybridized carbons (Fsp3) is 0.0909. The molecule has 2 amide bonds. The maximum absolute atomic E-state index is 14.8. The molecule has 5 aromatic rings. The third kappa shape index (κ3) is 3.28. The molecule has 1 unspecified atom stereocenters. The van der Waals surface area contributed by atoms with Gasteiger partial charge in [-0.25, -0.2) is 0 Å². The number of benzene rings is 5. The number of nitrogens with one attached hydrogen (secondary N) is 1. The van der Waals surface area contributed by atoms with Gasteiger partial charge in [0.15, 0.2) is 0 Å². The number of hydrogen-bond donors (Lipinski definition) is 1. The second-order valence-electron chi connectivity index (χ2n) is 9.74. The number of methoxy groups -OCH3 is 1. The van der Waals surface area contributed by atoms with Gasteiger partial charge in [-0.05, 0) is 46.7 Å². The highest BCUT2D eigenvalue weighted by atomic mass is 16.5. The Balaban J connectivity index is 1.46. The standard InChI is InChI=1S/C33H25N3O3/c1-39-30-20-9-8-19-29(30)36-31(37)25-15-4-6-17-27(25)34-33(36)26-16-5-7-18-28(26)35(32(33)38)21-23-13-10-12-22-11-2-3-14-24(22)23/h2-20,34H,21H2,1H3. The van der Waals surface area contributed by atoms with Crippen molar-refractivity contribution in [1.82, 2.24) is 0 Å². The van der Waals surface area contributed by atoms with E-state index in [4.69, 9.17) is 4.74 Å². The Labute approximate surface area is 226 Å². The van der Waals surface area contributed by atoms with Crippen LogP contribution in [0.25, 0.3) is 10.8 Å². The number of carbonyl (C=O) groups excluding carboxylic acids is 2. The lowest BCUT2D eigenvalue weighted by atomic mass is 9.92. The quantitative estimate of drug-likeness (QED) is 0.307. The van der Waals surface area contributed by atoms with Crippen molar-refractivity contribution in [3.63, 3.8) is 0 Å². The third-order valence-corrected chi connectivity index (χ3v) is 7.69. The summed E-state index contributed by atoms with van der Waals surface area (Å²) in [5, 5.41) is 5.72. The lowest BCUT2D eigenvalue weighted by Gasteiger charge is -2.45. The molecule has 0 aliphatic carbocycles. The van der Waals surface area contributed by atoms with Crippen LogP contribution >= 0.6 is 0 Å². The molecule has 0 radical (unpaired) electrons. The Kier molecular flexibility index (Phi) is 5.16. The van der Waals surface area contributed by atoms with Crippen molar-refractivity contribution in [3.05, 3.63) is 132 Å². The van der Waals surface area contributed by atoms with E-state index in [9.17, 15) is 9.59 Å². The van der Waals surface area contributed by atoms with Gasteiger partial charge in [0.1, 0.15) is 5.75 Å². The van der Waals surface area contributed by atoms with Crippen molar-refractivity contribution in [2.75, 3.05) is 22.2 Å². The van der Waals surface area contributed by atoms with Gasteiger partial charge in [0.2, 0.25) is 5.66 Å². The molecule has 1 spiro atoms. The monoisotopic (exact) mass is 511 g/mol. The molecule has 0 fully saturated rings. The maximum atomic E-state index is 14.8. The highest BCUT2D eigenvalue weighted by Gasteiger charge is 2.60. The molecule has 1 N–H and O–H groups in total. The first-order chi connectivity index (χ1) is 19.1. The zero-order chi connectivity index (χ0) is 26.6. The number of rotatable bonds is 4. The van der Waals surface area contributed by atoms with E-state index in [0.717, 1.165) is 22.0 Å². The Morgan fingerprint density at radius 2 is 1.44 bits per heavy atom. The molecule has 0 aromatic heterocycles. The van der Waals surface area contributed by atoms with Gasteiger partial charge in [-0.2, -0.15) is 0 Å². The van der Waals surface area contributed by atoms with E-state index in [0.29, 0.717) is 34.8 Å². The molecule has 5 aromatic carbocycles. The minimum atomic E-state index is -1.50. The summed E-state index contributed by atoms with van der Waals surface area (Å²) in [6.45, 7) is 0.357. The van der Waals surface area contributed by atoms with Crippen LogP contribution in [0.1, 0.15) is 21.5 Å². The molecule has 2 aliphatic rings. The number of anilines is 3. The van der Waals surface area contributed by atoms with Crippen molar-refractivity contribution >= 4 is 39.6 Å². The number of amides is 2. The molecule has 6 nitrogen and oxygen atoms in total. The van der Waals surface area contributed by atoms with Crippen LogP contribution in [0.15, 0.2) is 115 Å². The summed E-state index contributed by atoms with van der Waals surface area (Å²) < 4.78 is 5.68. The summed E-state index contributed by atoms with van der Waals surface area (Å²) in [7, 11) is 1.57. The first-order valence-electron chi connectivity index (χ1n) is 12.9. The minimum Gasteiger partial charge on any atom is -0.495 e. The number of para-hydroxylation sites is 4. The van der Waals surface area contributed by atoms with Crippen molar-refractivity contribution in [3.8, 4) is 5.75 Å². The molecule has 0 saturated heterocycles. The average molecular weight is 512 g/mol. The predicted octanol–water partition coefficient (Wildman–Crippen LogP) is 6.32. The van der Waals surface area contributed by atoms with E-state index >= 15 is 0 Å². The van der Waals surface area contributed by atoms with Crippen LogP contribution in [-0.2, 0) is 17.0 Å². The van der Waals surface area contributed by atoms with E-state index in [1.165, 1.54) is 0 Å². The summed E-state index contributed by atoms with van der Waals surface area (Å²) in [6.07, 6.45) is 0. The zero-order valence-corrected chi connectivity index (χ0v) is 21.3. The first-order valence-corrected chi connectivity index (χ1v) is 12.9. The molecule has 2 aliphatic heterocycles. The molecule has 6 heteroatoms. The summed E-state index contributed by atoms with van der Waals surface area (Å²) in [5.41, 5.74) is 2.62. The van der Waals surface area contributed by atoms with Gasteiger partial charge in [0.25, 0.3) is 11.8 Å². The Hall–Kier alpha value is -5.10. The summed E-state index contributed by atoms with van der Waals surface area (Å²) in [5.74, 6) is -0.00130. The first kappa shape index (κ1) is 23.0. The number of nitrogens with zero attached hydrogens (tertiary/aromatic N) is 2. The van der Waals surface area contributed by atoms with Crippen molar-refractivity contribution in [1.29, 1.82) is 0 Å². The lowest BCUT2D eigenvalue weighted by molar-refractivity contribution is -0.122. The van der Waals surface area contributed by atoms with Crippen LogP contribution < -0.4 is 19.9 Å². The van der Waals surface area contributed by atoms with Crippen LogP contribution in [0.4, 0.5) is 17.1 Å². The normalized spacial score (nSPS) is 17.8. The van der Waals surface area contributed by atoms with E-state index in [1.807, 2.05) is 78.9 Å². The van der Waals surface area contributed by atoms with Gasteiger partial charge in [0, 0.05) is 11.3 Å². The SMILES string of the molecule is COc1ccccc1N1C(=O)c2ccccc2NC12C(=O)N(Cc1cccc3ccccc13)c1ccccc12. The number of carbonyl (C=O) groups is 2. The smallest absolute Gasteiger partial charge is 0.279 e. The predicted molar refractivity (Wildman–Crippen MR) is 153 cm³/mol. The van der Waals surface area contributed by atoms with E-state index < -0.39 is 5.66 Å². The number of ether oxygens (including phenoxy) is 1. The number of hydrogen-bond acceptors (Lipinski definition) is 4. The summed E-state index contributed by atoms with van der Waals surface area (Å²) in [4.78, 5) is 32.5. The van der Waals surface area contributed by atoms with Crippen LogP contribution in [0, 0.1) is 0 Å². The number of fused-ring (bicyclic) bond motifs is 4.